The molecule has 1 atom stereocenters. The Balaban J connectivity index is 2.30. The quantitative estimate of drug-likeness (QED) is 0.324. The third-order valence-corrected chi connectivity index (χ3v) is 3.61. The van der Waals surface area contributed by atoms with Gasteiger partial charge in [-0.3, -0.25) is 9.89 Å². The minimum absolute atomic E-state index is 0.172. The zero-order chi connectivity index (χ0) is 17.6. The molecule has 0 spiro atoms. The largest absolute Gasteiger partial charge is 0.382 e. The maximum atomic E-state index is 5.85. The normalized spacial score (nSPS) is 19.7. The molecule has 0 aromatic carbocycles. The van der Waals surface area contributed by atoms with Crippen molar-refractivity contribution in [2.24, 2.45) is 10.9 Å². The highest BCUT2D eigenvalue weighted by Crippen LogP contribution is 2.08. The summed E-state index contributed by atoms with van der Waals surface area (Å²) in [4.78, 5) is 7.12. The van der Waals surface area contributed by atoms with Gasteiger partial charge in [-0.1, -0.05) is 13.8 Å². The molecule has 7 nitrogen and oxygen atoms in total. The van der Waals surface area contributed by atoms with Crippen LogP contribution in [0.4, 0.5) is 0 Å². The van der Waals surface area contributed by atoms with Gasteiger partial charge in [0, 0.05) is 39.8 Å². The first kappa shape index (κ1) is 21.2. The lowest BCUT2D eigenvalue weighted by Gasteiger charge is -2.33. The summed E-state index contributed by atoms with van der Waals surface area (Å²) >= 11 is 0. The molecule has 0 amide bonds. The van der Waals surface area contributed by atoms with E-state index in [2.05, 4.69) is 41.3 Å². The number of guanidine groups is 1. The first-order valence-electron chi connectivity index (χ1n) is 9.08. The van der Waals surface area contributed by atoms with Gasteiger partial charge in [0.1, 0.15) is 0 Å². The maximum Gasteiger partial charge on any atom is 0.191 e. The number of methoxy groups -OCH3 is 1. The van der Waals surface area contributed by atoms with E-state index in [1.54, 1.807) is 7.11 Å². The van der Waals surface area contributed by atoms with Crippen LogP contribution >= 0.6 is 0 Å². The van der Waals surface area contributed by atoms with Crippen LogP contribution in [0.3, 0.4) is 0 Å². The standard InChI is InChI=1S/C17H36N4O3/c1-5-18-17(19-6-8-23-11-10-22-4)20-12-16-14-21(7-9-24-16)13-15(2)3/h15-16H,5-14H2,1-4H3,(H2,18,19,20). The van der Waals surface area contributed by atoms with Crippen LogP contribution in [0.1, 0.15) is 20.8 Å². The van der Waals surface area contributed by atoms with Crippen molar-refractivity contribution in [2.45, 2.75) is 26.9 Å². The van der Waals surface area contributed by atoms with Gasteiger partial charge in [0.05, 0.1) is 39.1 Å². The molecular weight excluding hydrogens is 308 g/mol. The van der Waals surface area contributed by atoms with Crippen LogP contribution in [0, 0.1) is 5.92 Å². The van der Waals surface area contributed by atoms with E-state index in [4.69, 9.17) is 14.2 Å². The molecule has 0 aliphatic carbocycles. The van der Waals surface area contributed by atoms with Gasteiger partial charge < -0.3 is 24.8 Å². The lowest BCUT2D eigenvalue weighted by Crippen LogP contribution is -2.46. The van der Waals surface area contributed by atoms with Crippen LogP contribution in [-0.2, 0) is 14.2 Å². The Bertz CT molecular complexity index is 340. The van der Waals surface area contributed by atoms with Crippen LogP contribution in [0.5, 0.6) is 0 Å². The SMILES string of the molecule is CCNC(=NCC1CN(CC(C)C)CCO1)NCCOCCOC. The van der Waals surface area contributed by atoms with Gasteiger partial charge in [0.2, 0.25) is 0 Å². The summed E-state index contributed by atoms with van der Waals surface area (Å²) < 4.78 is 16.2. The molecule has 1 rings (SSSR count). The minimum Gasteiger partial charge on any atom is -0.382 e. The molecule has 1 fully saturated rings. The molecule has 0 radical (unpaired) electrons. The van der Waals surface area contributed by atoms with Gasteiger partial charge in [-0.05, 0) is 12.8 Å². The van der Waals surface area contributed by atoms with Gasteiger partial charge in [-0.2, -0.15) is 0 Å². The molecule has 0 aromatic rings. The summed E-state index contributed by atoms with van der Waals surface area (Å²) in [6.45, 7) is 14.6. The molecule has 0 saturated carbocycles. The maximum absolute atomic E-state index is 5.85. The highest BCUT2D eigenvalue weighted by atomic mass is 16.5. The Kier molecular flexibility index (Phi) is 11.8. The van der Waals surface area contributed by atoms with Gasteiger partial charge in [-0.25, -0.2) is 0 Å². The van der Waals surface area contributed by atoms with Crippen molar-refractivity contribution in [1.82, 2.24) is 15.5 Å². The van der Waals surface area contributed by atoms with E-state index < -0.39 is 0 Å². The van der Waals surface area contributed by atoms with Crippen molar-refractivity contribution < 1.29 is 14.2 Å². The fourth-order valence-electron chi connectivity index (χ4n) is 2.59. The Hall–Kier alpha value is -0.890. The lowest BCUT2D eigenvalue weighted by atomic mass is 10.2. The molecule has 1 saturated heterocycles. The van der Waals surface area contributed by atoms with Crippen molar-refractivity contribution in [3.8, 4) is 0 Å². The molecule has 142 valence electrons. The van der Waals surface area contributed by atoms with Crippen molar-refractivity contribution in [3.05, 3.63) is 0 Å². The Morgan fingerprint density at radius 3 is 2.83 bits per heavy atom. The fourth-order valence-corrected chi connectivity index (χ4v) is 2.59. The fraction of sp³-hybridized carbons (Fsp3) is 0.941. The predicted octanol–water partition coefficient (Wildman–Crippen LogP) is 0.561. The molecule has 1 heterocycles. The van der Waals surface area contributed by atoms with Crippen LogP contribution < -0.4 is 10.6 Å². The smallest absolute Gasteiger partial charge is 0.191 e. The highest BCUT2D eigenvalue weighted by Gasteiger charge is 2.20. The van der Waals surface area contributed by atoms with Gasteiger partial charge >= 0.3 is 0 Å². The number of morpholine rings is 1. The minimum atomic E-state index is 0.172. The van der Waals surface area contributed by atoms with E-state index in [1.807, 2.05) is 0 Å². The van der Waals surface area contributed by atoms with Gasteiger partial charge in [0.25, 0.3) is 0 Å². The first-order valence-corrected chi connectivity index (χ1v) is 9.08. The number of aliphatic imine (C=N–C) groups is 1. The number of hydrogen-bond donors (Lipinski definition) is 2. The number of nitrogens with zero attached hydrogens (tertiary/aromatic N) is 2. The Morgan fingerprint density at radius 1 is 1.29 bits per heavy atom. The summed E-state index contributed by atoms with van der Waals surface area (Å²) in [7, 11) is 1.67. The van der Waals surface area contributed by atoms with Crippen LogP contribution in [0.2, 0.25) is 0 Å². The lowest BCUT2D eigenvalue weighted by molar-refractivity contribution is -0.0261. The van der Waals surface area contributed by atoms with Gasteiger partial charge in [0.15, 0.2) is 5.96 Å². The van der Waals surface area contributed by atoms with Crippen LogP contribution in [0.15, 0.2) is 4.99 Å². The topological polar surface area (TPSA) is 67.4 Å². The second-order valence-corrected chi connectivity index (χ2v) is 6.40. The van der Waals surface area contributed by atoms with E-state index in [0.29, 0.717) is 32.3 Å². The number of nitrogens with one attached hydrogen (secondary N) is 2. The number of ether oxygens (including phenoxy) is 3. The van der Waals surface area contributed by atoms with Gasteiger partial charge in [-0.15, -0.1) is 0 Å². The molecule has 2 N–H and O–H groups in total. The second kappa shape index (κ2) is 13.4. The summed E-state index contributed by atoms with van der Waals surface area (Å²) in [6.07, 6.45) is 0.172. The van der Waals surface area contributed by atoms with E-state index in [1.165, 1.54) is 0 Å². The molecule has 1 aliphatic rings. The highest BCUT2D eigenvalue weighted by molar-refractivity contribution is 5.79. The van der Waals surface area contributed by atoms with Crippen LogP contribution in [0.25, 0.3) is 0 Å². The monoisotopic (exact) mass is 344 g/mol. The van der Waals surface area contributed by atoms with Crippen molar-refractivity contribution >= 4 is 5.96 Å². The third-order valence-electron chi connectivity index (χ3n) is 3.61. The average Bonchev–Trinajstić information content (AvgIpc) is 2.55. The molecule has 1 aliphatic heterocycles. The Labute approximate surface area is 147 Å². The molecule has 7 heteroatoms. The van der Waals surface area contributed by atoms with Crippen molar-refractivity contribution in [3.63, 3.8) is 0 Å². The number of rotatable bonds is 11. The summed E-state index contributed by atoms with van der Waals surface area (Å²) in [6, 6.07) is 0. The second-order valence-electron chi connectivity index (χ2n) is 6.40. The van der Waals surface area contributed by atoms with E-state index >= 15 is 0 Å². The molecule has 0 aromatic heterocycles. The van der Waals surface area contributed by atoms with Crippen LogP contribution in [-0.4, -0.2) is 89.8 Å². The zero-order valence-electron chi connectivity index (χ0n) is 15.8. The Morgan fingerprint density at radius 2 is 2.12 bits per heavy atom. The first-order chi connectivity index (χ1) is 11.7. The molecule has 0 bridgehead atoms. The van der Waals surface area contributed by atoms with E-state index in [0.717, 1.165) is 45.3 Å². The molecular formula is C17H36N4O3. The average molecular weight is 345 g/mol. The summed E-state index contributed by atoms with van der Waals surface area (Å²) in [5, 5.41) is 6.54. The predicted molar refractivity (Wildman–Crippen MR) is 97.7 cm³/mol. The molecule has 1 unspecified atom stereocenters. The van der Waals surface area contributed by atoms with Crippen molar-refractivity contribution in [2.75, 3.05) is 72.8 Å². The zero-order valence-corrected chi connectivity index (χ0v) is 15.8. The third kappa shape index (κ3) is 10.1. The summed E-state index contributed by atoms with van der Waals surface area (Å²) in [5.41, 5.74) is 0. The van der Waals surface area contributed by atoms with Crippen molar-refractivity contribution in [1.29, 1.82) is 0 Å². The van der Waals surface area contributed by atoms with E-state index in [9.17, 15) is 0 Å². The van der Waals surface area contributed by atoms with E-state index in [-0.39, 0.29) is 6.10 Å². The summed E-state index contributed by atoms with van der Waals surface area (Å²) in [5.74, 6) is 1.50. The molecule has 24 heavy (non-hydrogen) atoms. The number of hydrogen-bond acceptors (Lipinski definition) is 5.